The molecule has 1 unspecified atom stereocenters. The Balaban J connectivity index is 2.11. The third-order valence-electron chi connectivity index (χ3n) is 2.66. The standard InChI is InChI=1S/C12H15N5O2/c13-7-9(6-8-4-2-1-3-5-8)14-10-11(18)15-12(19)17-16-10/h1-5,9H,6-7,13H2,(H,14,16)(H2,15,17,18,19). The molecule has 7 heteroatoms. The van der Waals surface area contributed by atoms with Crippen molar-refractivity contribution in [2.24, 2.45) is 5.73 Å². The lowest BCUT2D eigenvalue weighted by Gasteiger charge is -2.16. The van der Waals surface area contributed by atoms with Crippen LogP contribution in [0.5, 0.6) is 0 Å². The minimum atomic E-state index is -0.636. The van der Waals surface area contributed by atoms with Crippen molar-refractivity contribution in [2.45, 2.75) is 12.5 Å². The predicted octanol–water partition coefficient (Wildman–Crippen LogP) is -0.560. The van der Waals surface area contributed by atoms with Gasteiger partial charge in [0, 0.05) is 12.6 Å². The van der Waals surface area contributed by atoms with Crippen LogP contribution < -0.4 is 22.3 Å². The normalized spacial score (nSPS) is 12.1. The van der Waals surface area contributed by atoms with Gasteiger partial charge in [0.1, 0.15) is 0 Å². The molecule has 0 radical (unpaired) electrons. The molecule has 0 spiro atoms. The zero-order valence-electron chi connectivity index (χ0n) is 10.2. The summed E-state index contributed by atoms with van der Waals surface area (Å²) in [7, 11) is 0. The Hall–Kier alpha value is -2.41. The zero-order chi connectivity index (χ0) is 13.7. The minimum Gasteiger partial charge on any atom is -0.360 e. The number of hydrogen-bond acceptors (Lipinski definition) is 5. The molecule has 0 aliphatic heterocycles. The van der Waals surface area contributed by atoms with Gasteiger partial charge in [-0.2, -0.15) is 0 Å². The van der Waals surface area contributed by atoms with Crippen molar-refractivity contribution in [3.8, 4) is 0 Å². The van der Waals surface area contributed by atoms with Crippen molar-refractivity contribution in [2.75, 3.05) is 11.9 Å². The first-order valence-electron chi connectivity index (χ1n) is 5.88. The van der Waals surface area contributed by atoms with Gasteiger partial charge in [-0.25, -0.2) is 9.89 Å². The van der Waals surface area contributed by atoms with Gasteiger partial charge in [0.05, 0.1) is 0 Å². The van der Waals surface area contributed by atoms with Gasteiger partial charge >= 0.3 is 5.69 Å². The van der Waals surface area contributed by atoms with Crippen molar-refractivity contribution in [1.82, 2.24) is 15.2 Å². The second-order valence-electron chi connectivity index (χ2n) is 4.12. The molecule has 0 aliphatic rings. The number of anilines is 1. The van der Waals surface area contributed by atoms with E-state index in [0.29, 0.717) is 13.0 Å². The van der Waals surface area contributed by atoms with Crippen molar-refractivity contribution < 1.29 is 0 Å². The van der Waals surface area contributed by atoms with Crippen LogP contribution in [0.3, 0.4) is 0 Å². The molecule has 2 aromatic rings. The van der Waals surface area contributed by atoms with Crippen LogP contribution in [-0.2, 0) is 6.42 Å². The van der Waals surface area contributed by atoms with Gasteiger partial charge in [0.25, 0.3) is 5.56 Å². The van der Waals surface area contributed by atoms with Gasteiger partial charge in [-0.15, -0.1) is 5.10 Å². The molecule has 0 fully saturated rings. The molecule has 1 heterocycles. The number of aromatic amines is 2. The fraction of sp³-hybridized carbons (Fsp3) is 0.250. The van der Waals surface area contributed by atoms with Crippen LogP contribution >= 0.6 is 0 Å². The summed E-state index contributed by atoms with van der Waals surface area (Å²) in [5, 5.41) is 8.75. The summed E-state index contributed by atoms with van der Waals surface area (Å²) in [4.78, 5) is 24.5. The molecule has 0 amide bonds. The van der Waals surface area contributed by atoms with Crippen LogP contribution in [0.2, 0.25) is 0 Å². The highest BCUT2D eigenvalue weighted by Gasteiger charge is 2.11. The van der Waals surface area contributed by atoms with E-state index in [-0.39, 0.29) is 11.9 Å². The van der Waals surface area contributed by atoms with Crippen LogP contribution in [0.15, 0.2) is 39.9 Å². The highest BCUT2D eigenvalue weighted by Crippen LogP contribution is 2.05. The maximum Gasteiger partial charge on any atom is 0.342 e. The summed E-state index contributed by atoms with van der Waals surface area (Å²) in [5.74, 6) is 0.0611. The lowest BCUT2D eigenvalue weighted by Crippen LogP contribution is -2.36. The third-order valence-corrected chi connectivity index (χ3v) is 2.66. The fourth-order valence-corrected chi connectivity index (χ4v) is 1.73. The lowest BCUT2D eigenvalue weighted by atomic mass is 10.1. The van der Waals surface area contributed by atoms with Crippen molar-refractivity contribution in [1.29, 1.82) is 0 Å². The van der Waals surface area contributed by atoms with E-state index in [2.05, 4.69) is 20.5 Å². The van der Waals surface area contributed by atoms with E-state index >= 15 is 0 Å². The number of nitrogens with zero attached hydrogens (tertiary/aromatic N) is 1. The number of nitrogens with one attached hydrogen (secondary N) is 3. The Labute approximate surface area is 108 Å². The van der Waals surface area contributed by atoms with Gasteiger partial charge in [-0.1, -0.05) is 30.3 Å². The summed E-state index contributed by atoms with van der Waals surface area (Å²) in [6.07, 6.45) is 0.664. The van der Waals surface area contributed by atoms with E-state index in [9.17, 15) is 9.59 Å². The summed E-state index contributed by atoms with van der Waals surface area (Å²) in [5.41, 5.74) is 5.58. The topological polar surface area (TPSA) is 117 Å². The molecule has 0 aliphatic carbocycles. The van der Waals surface area contributed by atoms with Crippen LogP contribution in [0.1, 0.15) is 5.56 Å². The van der Waals surface area contributed by atoms with Crippen LogP contribution in [0, 0.1) is 0 Å². The minimum absolute atomic E-state index is 0.0611. The number of nitrogens with two attached hydrogens (primary N) is 1. The Morgan fingerprint density at radius 3 is 2.63 bits per heavy atom. The maximum absolute atomic E-state index is 11.5. The van der Waals surface area contributed by atoms with Crippen molar-refractivity contribution in [3.63, 3.8) is 0 Å². The third kappa shape index (κ3) is 3.52. The Kier molecular flexibility index (Phi) is 4.09. The largest absolute Gasteiger partial charge is 0.360 e. The molecule has 7 nitrogen and oxygen atoms in total. The highest BCUT2D eigenvalue weighted by atomic mass is 16.2. The molecule has 1 aromatic heterocycles. The highest BCUT2D eigenvalue weighted by molar-refractivity contribution is 5.31. The van der Waals surface area contributed by atoms with E-state index in [1.165, 1.54) is 0 Å². The fourth-order valence-electron chi connectivity index (χ4n) is 1.73. The summed E-state index contributed by atoms with van der Waals surface area (Å²) >= 11 is 0. The molecule has 2 rings (SSSR count). The first-order chi connectivity index (χ1) is 9.19. The van der Waals surface area contributed by atoms with Gasteiger partial charge in [-0.05, 0) is 12.0 Å². The molecule has 1 atom stereocenters. The monoisotopic (exact) mass is 261 g/mol. The smallest absolute Gasteiger partial charge is 0.342 e. The van der Waals surface area contributed by atoms with Gasteiger partial charge < -0.3 is 11.1 Å². The summed E-state index contributed by atoms with van der Waals surface area (Å²) in [6.45, 7) is 0.342. The average molecular weight is 261 g/mol. The number of rotatable bonds is 5. The van der Waals surface area contributed by atoms with Gasteiger partial charge in [0.15, 0.2) is 0 Å². The Morgan fingerprint density at radius 1 is 1.26 bits per heavy atom. The number of H-pyrrole nitrogens is 2. The molecule has 5 N–H and O–H groups in total. The molecule has 19 heavy (non-hydrogen) atoms. The number of aromatic nitrogens is 3. The van der Waals surface area contributed by atoms with E-state index in [4.69, 9.17) is 5.73 Å². The van der Waals surface area contributed by atoms with Gasteiger partial charge in [0.2, 0.25) is 5.82 Å². The van der Waals surface area contributed by atoms with Crippen molar-refractivity contribution in [3.05, 3.63) is 56.7 Å². The lowest BCUT2D eigenvalue weighted by molar-refractivity contribution is 0.710. The van der Waals surface area contributed by atoms with Crippen LogP contribution in [-0.4, -0.2) is 27.8 Å². The second kappa shape index (κ2) is 5.96. The van der Waals surface area contributed by atoms with E-state index in [0.717, 1.165) is 5.56 Å². The number of benzene rings is 1. The molecule has 100 valence electrons. The Bertz CT molecular complexity index is 634. The predicted molar refractivity (Wildman–Crippen MR) is 72.1 cm³/mol. The first kappa shape index (κ1) is 13.0. The van der Waals surface area contributed by atoms with E-state index in [1.807, 2.05) is 30.3 Å². The Morgan fingerprint density at radius 2 is 2.00 bits per heavy atom. The average Bonchev–Trinajstić information content (AvgIpc) is 2.42. The van der Waals surface area contributed by atoms with E-state index < -0.39 is 11.2 Å². The maximum atomic E-state index is 11.5. The number of hydrogen-bond donors (Lipinski definition) is 4. The molecule has 1 aromatic carbocycles. The second-order valence-corrected chi connectivity index (χ2v) is 4.12. The molecular weight excluding hydrogens is 246 g/mol. The molecular formula is C12H15N5O2. The quantitative estimate of drug-likeness (QED) is 0.575. The zero-order valence-corrected chi connectivity index (χ0v) is 10.2. The van der Waals surface area contributed by atoms with Gasteiger partial charge in [-0.3, -0.25) is 9.78 Å². The molecule has 0 bridgehead atoms. The van der Waals surface area contributed by atoms with Crippen LogP contribution in [0.4, 0.5) is 5.82 Å². The molecule has 0 saturated heterocycles. The van der Waals surface area contributed by atoms with E-state index in [1.54, 1.807) is 0 Å². The van der Waals surface area contributed by atoms with Crippen LogP contribution in [0.25, 0.3) is 0 Å². The summed E-state index contributed by atoms with van der Waals surface area (Å²) in [6, 6.07) is 9.63. The molecule has 0 saturated carbocycles. The first-order valence-corrected chi connectivity index (χ1v) is 5.88. The SMILES string of the molecule is NCC(Cc1ccccc1)Nc1n[nH]c(=O)[nH]c1=O. The van der Waals surface area contributed by atoms with Crippen molar-refractivity contribution >= 4 is 5.82 Å². The summed E-state index contributed by atoms with van der Waals surface area (Å²) < 4.78 is 0.